The van der Waals surface area contributed by atoms with E-state index in [4.69, 9.17) is 0 Å². The Hall–Kier alpha value is -1.14. The van der Waals surface area contributed by atoms with Crippen molar-refractivity contribution in [3.05, 3.63) is 16.8 Å². The van der Waals surface area contributed by atoms with Gasteiger partial charge in [0.2, 0.25) is 5.91 Å². The van der Waals surface area contributed by atoms with Crippen molar-refractivity contribution >= 4 is 39.2 Å². The number of aromatic nitrogens is 2. The predicted octanol–water partition coefficient (Wildman–Crippen LogP) is 4.36. The molecule has 0 saturated heterocycles. The minimum absolute atomic E-state index is 0.135. The van der Waals surface area contributed by atoms with E-state index in [2.05, 4.69) is 22.2 Å². The molecule has 0 spiro atoms. The molecule has 134 valence electrons. The Balaban J connectivity index is 1.50. The Morgan fingerprint density at radius 1 is 1.28 bits per heavy atom. The molecule has 1 amide bonds. The Morgan fingerprint density at radius 2 is 2.12 bits per heavy atom. The van der Waals surface area contributed by atoms with Crippen molar-refractivity contribution in [1.29, 1.82) is 0 Å². The molecular formula is C19H25N3OS2. The van der Waals surface area contributed by atoms with Gasteiger partial charge in [0.15, 0.2) is 0 Å². The van der Waals surface area contributed by atoms with Gasteiger partial charge in [-0.25, -0.2) is 9.97 Å². The number of hydrogen-bond acceptors (Lipinski definition) is 5. The third kappa shape index (κ3) is 3.43. The van der Waals surface area contributed by atoms with Crippen LogP contribution in [0.1, 0.15) is 56.4 Å². The van der Waals surface area contributed by atoms with E-state index in [-0.39, 0.29) is 11.2 Å². The third-order valence-electron chi connectivity index (χ3n) is 5.56. The molecular weight excluding hydrogens is 350 g/mol. The number of carbonyl (C=O) groups excluding carboxylic acids is 1. The van der Waals surface area contributed by atoms with Gasteiger partial charge in [0, 0.05) is 16.3 Å². The fraction of sp³-hybridized carbons (Fsp3) is 0.632. The predicted molar refractivity (Wildman–Crippen MR) is 104 cm³/mol. The third-order valence-corrected chi connectivity index (χ3v) is 7.86. The molecule has 0 unspecified atom stereocenters. The molecule has 2 aliphatic carbocycles. The summed E-state index contributed by atoms with van der Waals surface area (Å²) in [6.45, 7) is 4.25. The Kier molecular flexibility index (Phi) is 5.00. The highest BCUT2D eigenvalue weighted by molar-refractivity contribution is 8.00. The molecule has 0 bridgehead atoms. The van der Waals surface area contributed by atoms with E-state index in [1.54, 1.807) is 29.4 Å². The largest absolute Gasteiger partial charge is 0.352 e. The quantitative estimate of drug-likeness (QED) is 0.637. The molecule has 0 aromatic carbocycles. The van der Waals surface area contributed by atoms with Crippen LogP contribution >= 0.6 is 23.1 Å². The van der Waals surface area contributed by atoms with E-state index in [0.29, 0.717) is 12.0 Å². The van der Waals surface area contributed by atoms with Gasteiger partial charge in [-0.3, -0.25) is 4.79 Å². The molecule has 6 heteroatoms. The van der Waals surface area contributed by atoms with Crippen molar-refractivity contribution < 1.29 is 4.79 Å². The van der Waals surface area contributed by atoms with Gasteiger partial charge >= 0.3 is 0 Å². The summed E-state index contributed by atoms with van der Waals surface area (Å²) in [6, 6.07) is 0.333. The average Bonchev–Trinajstić information content (AvgIpc) is 3.18. The second-order valence-electron chi connectivity index (χ2n) is 7.35. The SMILES string of the molecule is C[C@@H]1CCCC[C@H]1NC(=O)[C@@H](C)Sc1ncnc2sc3c(c12)CCC3. The van der Waals surface area contributed by atoms with E-state index in [1.165, 1.54) is 41.5 Å². The van der Waals surface area contributed by atoms with Crippen LogP contribution in [-0.4, -0.2) is 27.2 Å². The summed E-state index contributed by atoms with van der Waals surface area (Å²) in [5.41, 5.74) is 1.43. The molecule has 1 N–H and O–H groups in total. The maximum atomic E-state index is 12.7. The summed E-state index contributed by atoms with van der Waals surface area (Å²) in [5.74, 6) is 0.725. The summed E-state index contributed by atoms with van der Waals surface area (Å²) in [7, 11) is 0. The monoisotopic (exact) mass is 375 g/mol. The zero-order valence-corrected chi connectivity index (χ0v) is 16.5. The van der Waals surface area contributed by atoms with Gasteiger partial charge in [0.1, 0.15) is 16.2 Å². The number of thiophene rings is 1. The summed E-state index contributed by atoms with van der Waals surface area (Å²) >= 11 is 3.38. The number of aryl methyl sites for hydroxylation is 2. The number of rotatable bonds is 4. The minimum atomic E-state index is -0.135. The number of carbonyl (C=O) groups is 1. The minimum Gasteiger partial charge on any atom is -0.352 e. The number of thioether (sulfide) groups is 1. The topological polar surface area (TPSA) is 54.9 Å². The second kappa shape index (κ2) is 7.23. The van der Waals surface area contributed by atoms with E-state index in [0.717, 1.165) is 29.1 Å². The molecule has 0 radical (unpaired) electrons. The average molecular weight is 376 g/mol. The summed E-state index contributed by atoms with van der Waals surface area (Å²) < 4.78 is 0. The van der Waals surface area contributed by atoms with Crippen LogP contribution in [0.15, 0.2) is 11.4 Å². The maximum absolute atomic E-state index is 12.7. The van der Waals surface area contributed by atoms with E-state index < -0.39 is 0 Å². The summed E-state index contributed by atoms with van der Waals surface area (Å²) in [5, 5.41) is 5.33. The first-order chi connectivity index (χ1) is 12.1. The molecule has 4 nitrogen and oxygen atoms in total. The van der Waals surface area contributed by atoms with Crippen molar-refractivity contribution in [2.45, 2.75) is 75.1 Å². The number of hydrogen-bond donors (Lipinski definition) is 1. The Bertz CT molecular complexity index is 788. The first kappa shape index (κ1) is 17.3. The molecule has 0 aliphatic heterocycles. The van der Waals surface area contributed by atoms with E-state index in [9.17, 15) is 4.79 Å². The van der Waals surface area contributed by atoms with E-state index >= 15 is 0 Å². The number of amides is 1. The molecule has 1 saturated carbocycles. The van der Waals surface area contributed by atoms with Gasteiger partial charge in [-0.05, 0) is 50.5 Å². The lowest BCUT2D eigenvalue weighted by molar-refractivity contribution is -0.121. The van der Waals surface area contributed by atoms with Crippen LogP contribution in [0, 0.1) is 5.92 Å². The lowest BCUT2D eigenvalue weighted by Gasteiger charge is -2.30. The van der Waals surface area contributed by atoms with Gasteiger partial charge < -0.3 is 5.32 Å². The van der Waals surface area contributed by atoms with Crippen molar-refractivity contribution in [3.63, 3.8) is 0 Å². The Morgan fingerprint density at radius 3 is 2.96 bits per heavy atom. The van der Waals surface area contributed by atoms with Crippen LogP contribution in [0.3, 0.4) is 0 Å². The fourth-order valence-corrected chi connectivity index (χ4v) is 6.29. The first-order valence-corrected chi connectivity index (χ1v) is 11.1. The molecule has 2 aliphatic rings. The standard InChI is InChI=1S/C19H25N3OS2/c1-11-6-3-4-8-14(11)22-17(23)12(2)24-18-16-13-7-5-9-15(13)25-19(16)21-10-20-18/h10-12,14H,3-9H2,1-2H3,(H,22,23)/t11-,12-,14-/m1/s1. The second-order valence-corrected chi connectivity index (χ2v) is 9.77. The lowest BCUT2D eigenvalue weighted by Crippen LogP contribution is -2.44. The summed E-state index contributed by atoms with van der Waals surface area (Å²) in [6.07, 6.45) is 10.0. The van der Waals surface area contributed by atoms with Gasteiger partial charge in [0.25, 0.3) is 0 Å². The van der Waals surface area contributed by atoms with Crippen LogP contribution in [-0.2, 0) is 17.6 Å². The zero-order valence-electron chi connectivity index (χ0n) is 14.9. The molecule has 2 aromatic rings. The molecule has 1 fully saturated rings. The van der Waals surface area contributed by atoms with Crippen molar-refractivity contribution in [1.82, 2.24) is 15.3 Å². The van der Waals surface area contributed by atoms with Crippen molar-refractivity contribution in [2.24, 2.45) is 5.92 Å². The van der Waals surface area contributed by atoms with Crippen LogP contribution in [0.25, 0.3) is 10.2 Å². The highest BCUT2D eigenvalue weighted by Gasteiger charge is 2.27. The van der Waals surface area contributed by atoms with E-state index in [1.807, 2.05) is 6.92 Å². The maximum Gasteiger partial charge on any atom is 0.233 e. The number of nitrogens with one attached hydrogen (secondary N) is 1. The van der Waals surface area contributed by atoms with Crippen molar-refractivity contribution in [2.75, 3.05) is 0 Å². The Labute approximate surface area is 157 Å². The number of nitrogens with zero attached hydrogens (tertiary/aromatic N) is 2. The van der Waals surface area contributed by atoms with Crippen LogP contribution in [0.4, 0.5) is 0 Å². The molecule has 4 rings (SSSR count). The summed E-state index contributed by atoms with van der Waals surface area (Å²) in [4.78, 5) is 24.2. The molecule has 2 aromatic heterocycles. The van der Waals surface area contributed by atoms with Gasteiger partial charge in [-0.15, -0.1) is 11.3 Å². The molecule has 3 atom stereocenters. The normalized spacial score (nSPS) is 24.2. The fourth-order valence-electron chi connectivity index (χ4n) is 4.04. The molecule has 25 heavy (non-hydrogen) atoms. The van der Waals surface area contributed by atoms with Crippen LogP contribution in [0.2, 0.25) is 0 Å². The van der Waals surface area contributed by atoms with Gasteiger partial charge in [-0.2, -0.15) is 0 Å². The van der Waals surface area contributed by atoms with Gasteiger partial charge in [0.05, 0.1) is 5.25 Å². The number of fused-ring (bicyclic) bond motifs is 3. The highest BCUT2D eigenvalue weighted by atomic mass is 32.2. The zero-order chi connectivity index (χ0) is 17.4. The van der Waals surface area contributed by atoms with Crippen LogP contribution in [0.5, 0.6) is 0 Å². The smallest absolute Gasteiger partial charge is 0.233 e. The first-order valence-electron chi connectivity index (χ1n) is 9.35. The van der Waals surface area contributed by atoms with Crippen molar-refractivity contribution in [3.8, 4) is 0 Å². The lowest BCUT2D eigenvalue weighted by atomic mass is 9.86. The van der Waals surface area contributed by atoms with Crippen LogP contribution < -0.4 is 5.32 Å². The van der Waals surface area contributed by atoms with Gasteiger partial charge in [-0.1, -0.05) is 31.5 Å². The highest BCUT2D eigenvalue weighted by Crippen LogP contribution is 2.40. The molecule has 2 heterocycles.